The molecule has 5 nitrogen and oxygen atoms in total. The van der Waals surface area contributed by atoms with Gasteiger partial charge < -0.3 is 10.6 Å². The number of anilines is 1. The van der Waals surface area contributed by atoms with Gasteiger partial charge in [0.05, 0.1) is 0 Å². The van der Waals surface area contributed by atoms with Gasteiger partial charge in [0.1, 0.15) is 17.8 Å². The standard InChI is InChI=1S/C12H20N4O/c1-4-5-13-11-6-10(15-8-16-11)12(17)14-7-9(2)3/h6,8-9H,4-5,7H2,1-3H3,(H,14,17)(H,13,15,16). The van der Waals surface area contributed by atoms with Crippen molar-refractivity contribution in [2.45, 2.75) is 27.2 Å². The van der Waals surface area contributed by atoms with Crippen molar-refractivity contribution in [2.24, 2.45) is 5.92 Å². The second-order valence-electron chi connectivity index (χ2n) is 4.32. The van der Waals surface area contributed by atoms with Gasteiger partial charge in [0.25, 0.3) is 5.91 Å². The van der Waals surface area contributed by atoms with Crippen LogP contribution in [0.5, 0.6) is 0 Å². The van der Waals surface area contributed by atoms with Crippen LogP contribution in [0.3, 0.4) is 0 Å². The third-order valence-corrected chi connectivity index (χ3v) is 2.13. The minimum Gasteiger partial charge on any atom is -0.370 e. The molecule has 2 N–H and O–H groups in total. The molecule has 1 aromatic rings. The molecule has 0 aliphatic carbocycles. The summed E-state index contributed by atoms with van der Waals surface area (Å²) in [5.74, 6) is 0.968. The number of hydrogen-bond donors (Lipinski definition) is 2. The highest BCUT2D eigenvalue weighted by Gasteiger charge is 2.08. The van der Waals surface area contributed by atoms with E-state index in [-0.39, 0.29) is 5.91 Å². The Bertz CT molecular complexity index is 365. The van der Waals surface area contributed by atoms with Crippen LogP contribution in [0, 0.1) is 5.92 Å². The van der Waals surface area contributed by atoms with Crippen molar-refractivity contribution in [1.29, 1.82) is 0 Å². The van der Waals surface area contributed by atoms with Gasteiger partial charge in [-0.15, -0.1) is 0 Å². The van der Waals surface area contributed by atoms with Crippen molar-refractivity contribution in [3.05, 3.63) is 18.1 Å². The maximum Gasteiger partial charge on any atom is 0.270 e. The highest BCUT2D eigenvalue weighted by atomic mass is 16.1. The first-order valence-corrected chi connectivity index (χ1v) is 5.97. The van der Waals surface area contributed by atoms with Crippen LogP contribution in [0.2, 0.25) is 0 Å². The van der Waals surface area contributed by atoms with Gasteiger partial charge in [0.15, 0.2) is 0 Å². The quantitative estimate of drug-likeness (QED) is 0.788. The molecule has 0 spiro atoms. The average Bonchev–Trinajstić information content (AvgIpc) is 2.33. The molecule has 0 aromatic carbocycles. The Balaban J connectivity index is 2.60. The van der Waals surface area contributed by atoms with Crippen LogP contribution in [-0.2, 0) is 0 Å². The zero-order valence-corrected chi connectivity index (χ0v) is 10.7. The molecule has 0 atom stereocenters. The molecule has 0 bridgehead atoms. The fourth-order valence-electron chi connectivity index (χ4n) is 1.22. The van der Waals surface area contributed by atoms with E-state index >= 15 is 0 Å². The lowest BCUT2D eigenvalue weighted by molar-refractivity contribution is 0.0944. The van der Waals surface area contributed by atoms with Gasteiger partial charge in [0.2, 0.25) is 0 Å². The number of carbonyl (C=O) groups is 1. The van der Waals surface area contributed by atoms with Gasteiger partial charge in [-0.05, 0) is 12.3 Å². The molecule has 0 saturated heterocycles. The van der Waals surface area contributed by atoms with Crippen LogP contribution in [0.25, 0.3) is 0 Å². The summed E-state index contributed by atoms with van der Waals surface area (Å²) in [4.78, 5) is 19.8. The Morgan fingerprint density at radius 3 is 2.82 bits per heavy atom. The lowest BCUT2D eigenvalue weighted by Gasteiger charge is -2.08. The van der Waals surface area contributed by atoms with E-state index in [1.54, 1.807) is 6.07 Å². The van der Waals surface area contributed by atoms with Gasteiger partial charge in [-0.3, -0.25) is 4.79 Å². The van der Waals surface area contributed by atoms with E-state index in [1.807, 2.05) is 0 Å². The van der Waals surface area contributed by atoms with E-state index < -0.39 is 0 Å². The molecule has 0 fully saturated rings. The molecule has 0 unspecified atom stereocenters. The molecule has 17 heavy (non-hydrogen) atoms. The predicted octanol–water partition coefficient (Wildman–Crippen LogP) is 1.68. The van der Waals surface area contributed by atoms with Crippen molar-refractivity contribution in [3.63, 3.8) is 0 Å². The van der Waals surface area contributed by atoms with Crippen molar-refractivity contribution in [2.75, 3.05) is 18.4 Å². The number of amides is 1. The molecule has 5 heteroatoms. The van der Waals surface area contributed by atoms with Crippen molar-refractivity contribution < 1.29 is 4.79 Å². The van der Waals surface area contributed by atoms with Crippen LogP contribution < -0.4 is 10.6 Å². The molecule has 1 rings (SSSR count). The van der Waals surface area contributed by atoms with Crippen LogP contribution >= 0.6 is 0 Å². The molecule has 1 amide bonds. The Hall–Kier alpha value is -1.65. The van der Waals surface area contributed by atoms with Gasteiger partial charge in [0, 0.05) is 19.2 Å². The lowest BCUT2D eigenvalue weighted by atomic mass is 10.2. The molecule has 0 aliphatic rings. The maximum atomic E-state index is 11.7. The summed E-state index contributed by atoms with van der Waals surface area (Å²) in [5, 5.41) is 5.95. The Morgan fingerprint density at radius 2 is 2.18 bits per heavy atom. The van der Waals surface area contributed by atoms with E-state index in [4.69, 9.17) is 0 Å². The first-order valence-electron chi connectivity index (χ1n) is 5.97. The topological polar surface area (TPSA) is 66.9 Å². The maximum absolute atomic E-state index is 11.7. The Kier molecular flexibility index (Phi) is 5.39. The molecule has 0 saturated carbocycles. The van der Waals surface area contributed by atoms with Crippen LogP contribution in [0.4, 0.5) is 5.82 Å². The zero-order valence-electron chi connectivity index (χ0n) is 10.7. The number of aromatic nitrogens is 2. The predicted molar refractivity (Wildman–Crippen MR) is 68.0 cm³/mol. The normalized spacial score (nSPS) is 10.4. The van der Waals surface area contributed by atoms with Crippen molar-refractivity contribution in [3.8, 4) is 0 Å². The zero-order chi connectivity index (χ0) is 12.7. The number of nitrogens with one attached hydrogen (secondary N) is 2. The number of carbonyl (C=O) groups excluding carboxylic acids is 1. The van der Waals surface area contributed by atoms with Crippen LogP contribution in [0.1, 0.15) is 37.7 Å². The summed E-state index contributed by atoms with van der Waals surface area (Å²) >= 11 is 0. The van der Waals surface area contributed by atoms with Crippen molar-refractivity contribution >= 4 is 11.7 Å². The largest absolute Gasteiger partial charge is 0.370 e. The number of nitrogens with zero attached hydrogens (tertiary/aromatic N) is 2. The summed E-state index contributed by atoms with van der Waals surface area (Å²) in [6.45, 7) is 7.66. The van der Waals surface area contributed by atoms with E-state index in [0.717, 1.165) is 13.0 Å². The lowest BCUT2D eigenvalue weighted by Crippen LogP contribution is -2.28. The third-order valence-electron chi connectivity index (χ3n) is 2.13. The third kappa shape index (κ3) is 4.80. The monoisotopic (exact) mass is 236 g/mol. The van der Waals surface area contributed by atoms with Gasteiger partial charge in [-0.2, -0.15) is 0 Å². The summed E-state index contributed by atoms with van der Waals surface area (Å²) in [6.07, 6.45) is 2.42. The molecule has 0 aliphatic heterocycles. The SMILES string of the molecule is CCCNc1cc(C(=O)NCC(C)C)ncn1. The molecular weight excluding hydrogens is 216 g/mol. The minimum absolute atomic E-state index is 0.152. The minimum atomic E-state index is -0.152. The molecule has 1 aromatic heterocycles. The molecular formula is C12H20N4O. The smallest absolute Gasteiger partial charge is 0.270 e. The Morgan fingerprint density at radius 1 is 1.41 bits per heavy atom. The van der Waals surface area contributed by atoms with E-state index in [0.29, 0.717) is 24.0 Å². The van der Waals surface area contributed by atoms with Gasteiger partial charge >= 0.3 is 0 Å². The molecule has 94 valence electrons. The van der Waals surface area contributed by atoms with Crippen LogP contribution in [0.15, 0.2) is 12.4 Å². The molecule has 1 heterocycles. The average molecular weight is 236 g/mol. The van der Waals surface area contributed by atoms with Crippen molar-refractivity contribution in [1.82, 2.24) is 15.3 Å². The second kappa shape index (κ2) is 6.83. The van der Waals surface area contributed by atoms with E-state index in [2.05, 4.69) is 41.4 Å². The second-order valence-corrected chi connectivity index (χ2v) is 4.32. The number of hydrogen-bond acceptors (Lipinski definition) is 4. The highest BCUT2D eigenvalue weighted by Crippen LogP contribution is 2.04. The van der Waals surface area contributed by atoms with Gasteiger partial charge in [-0.25, -0.2) is 9.97 Å². The summed E-state index contributed by atoms with van der Waals surface area (Å²) < 4.78 is 0. The van der Waals surface area contributed by atoms with Crippen LogP contribution in [-0.4, -0.2) is 29.0 Å². The Labute approximate surface area is 102 Å². The number of rotatable bonds is 6. The van der Waals surface area contributed by atoms with E-state index in [9.17, 15) is 4.79 Å². The summed E-state index contributed by atoms with van der Waals surface area (Å²) in [6, 6.07) is 1.67. The first kappa shape index (κ1) is 13.4. The van der Waals surface area contributed by atoms with E-state index in [1.165, 1.54) is 6.33 Å². The summed E-state index contributed by atoms with van der Waals surface area (Å²) in [7, 11) is 0. The fourth-order valence-corrected chi connectivity index (χ4v) is 1.22. The fraction of sp³-hybridized carbons (Fsp3) is 0.583. The first-order chi connectivity index (χ1) is 8.13. The molecule has 0 radical (unpaired) electrons. The van der Waals surface area contributed by atoms with Gasteiger partial charge in [-0.1, -0.05) is 20.8 Å². The highest BCUT2D eigenvalue weighted by molar-refractivity contribution is 5.92. The summed E-state index contributed by atoms with van der Waals surface area (Å²) in [5.41, 5.74) is 0.402.